The summed E-state index contributed by atoms with van der Waals surface area (Å²) in [6.07, 6.45) is 0. The van der Waals surface area contributed by atoms with Crippen LogP contribution in [0.1, 0.15) is 34.6 Å². The van der Waals surface area contributed by atoms with Crippen molar-refractivity contribution >= 4 is 6.03 Å². The van der Waals surface area contributed by atoms with Crippen molar-refractivity contribution in [2.45, 2.75) is 46.7 Å². The van der Waals surface area contributed by atoms with Gasteiger partial charge in [0.15, 0.2) is 0 Å². The highest BCUT2D eigenvalue weighted by Crippen LogP contribution is 2.24. The number of hydrogen-bond acceptors (Lipinski definition) is 1. The van der Waals surface area contributed by atoms with E-state index in [0.29, 0.717) is 17.9 Å². The molecule has 3 heteroatoms. The highest BCUT2D eigenvalue weighted by atomic mass is 16.2. The number of carbonyl (C=O) groups is 1. The summed E-state index contributed by atoms with van der Waals surface area (Å²) in [5, 5.41) is 2.96. The van der Waals surface area contributed by atoms with Gasteiger partial charge in [-0.25, -0.2) is 4.79 Å². The molecule has 0 aromatic heterocycles. The Balaban J connectivity index is 2.77. The van der Waals surface area contributed by atoms with Crippen LogP contribution in [0.2, 0.25) is 0 Å². The zero-order valence-electron chi connectivity index (χ0n) is 9.87. The molecule has 0 bridgehead atoms. The van der Waals surface area contributed by atoms with Gasteiger partial charge in [-0.05, 0) is 32.6 Å². The average Bonchev–Trinajstić information content (AvgIpc) is 2.02. The summed E-state index contributed by atoms with van der Waals surface area (Å²) in [5.74, 6) is 1.18. The van der Waals surface area contributed by atoms with Gasteiger partial charge in [0, 0.05) is 18.6 Å². The van der Waals surface area contributed by atoms with E-state index in [1.54, 1.807) is 0 Å². The third-order valence-electron chi connectivity index (χ3n) is 3.19. The van der Waals surface area contributed by atoms with Crippen LogP contribution < -0.4 is 5.32 Å². The lowest BCUT2D eigenvalue weighted by Crippen LogP contribution is -2.59. The fourth-order valence-corrected chi connectivity index (χ4v) is 2.36. The van der Waals surface area contributed by atoms with Crippen molar-refractivity contribution in [2.75, 3.05) is 6.54 Å². The second kappa shape index (κ2) is 4.20. The first-order chi connectivity index (χ1) is 6.45. The molecule has 1 fully saturated rings. The number of carbonyl (C=O) groups excluding carboxylic acids is 1. The molecule has 0 radical (unpaired) electrons. The Hall–Kier alpha value is -0.730. The van der Waals surface area contributed by atoms with Crippen LogP contribution in [0.3, 0.4) is 0 Å². The summed E-state index contributed by atoms with van der Waals surface area (Å²) in [5.41, 5.74) is 0. The molecule has 2 unspecified atom stereocenters. The Morgan fingerprint density at radius 1 is 1.36 bits per heavy atom. The quantitative estimate of drug-likeness (QED) is 0.724. The van der Waals surface area contributed by atoms with Crippen LogP contribution in [0.5, 0.6) is 0 Å². The molecular weight excluding hydrogens is 176 g/mol. The second-order valence-electron chi connectivity index (χ2n) is 4.84. The predicted molar refractivity (Wildman–Crippen MR) is 58.2 cm³/mol. The molecule has 0 aliphatic carbocycles. The first-order valence-electron chi connectivity index (χ1n) is 5.51. The lowest BCUT2D eigenvalue weighted by molar-refractivity contribution is 0.0912. The van der Waals surface area contributed by atoms with Crippen LogP contribution in [0, 0.1) is 11.8 Å². The molecule has 1 aliphatic heterocycles. The number of urea groups is 1. The maximum atomic E-state index is 11.6. The molecule has 1 N–H and O–H groups in total. The summed E-state index contributed by atoms with van der Waals surface area (Å²) in [7, 11) is 0. The van der Waals surface area contributed by atoms with Gasteiger partial charge in [0.1, 0.15) is 0 Å². The lowest BCUT2D eigenvalue weighted by Gasteiger charge is -2.43. The molecule has 1 saturated heterocycles. The van der Waals surface area contributed by atoms with Crippen molar-refractivity contribution in [3.8, 4) is 0 Å². The van der Waals surface area contributed by atoms with E-state index in [4.69, 9.17) is 0 Å². The summed E-state index contributed by atoms with van der Waals surface area (Å²) in [6, 6.07) is 0.722. The topological polar surface area (TPSA) is 32.3 Å². The third-order valence-corrected chi connectivity index (χ3v) is 3.19. The molecule has 1 rings (SSSR count). The van der Waals surface area contributed by atoms with Crippen molar-refractivity contribution in [2.24, 2.45) is 11.8 Å². The monoisotopic (exact) mass is 198 g/mol. The van der Waals surface area contributed by atoms with Crippen molar-refractivity contribution in [1.82, 2.24) is 10.2 Å². The Kier molecular flexibility index (Phi) is 3.40. The summed E-state index contributed by atoms with van der Waals surface area (Å²) in [6.45, 7) is 11.6. The smallest absolute Gasteiger partial charge is 0.317 e. The summed E-state index contributed by atoms with van der Waals surface area (Å²) < 4.78 is 0. The van der Waals surface area contributed by atoms with Crippen molar-refractivity contribution < 1.29 is 4.79 Å². The van der Waals surface area contributed by atoms with Gasteiger partial charge < -0.3 is 10.2 Å². The molecule has 1 aliphatic rings. The molecule has 0 spiro atoms. The first-order valence-corrected chi connectivity index (χ1v) is 5.51. The minimum atomic E-state index is 0.0874. The van der Waals surface area contributed by atoms with Crippen LogP contribution >= 0.6 is 0 Å². The molecule has 3 nitrogen and oxygen atoms in total. The number of nitrogens with zero attached hydrogens (tertiary/aromatic N) is 1. The van der Waals surface area contributed by atoms with E-state index in [2.05, 4.69) is 39.9 Å². The van der Waals surface area contributed by atoms with Gasteiger partial charge in [-0.2, -0.15) is 0 Å². The van der Waals surface area contributed by atoms with E-state index in [-0.39, 0.29) is 12.1 Å². The van der Waals surface area contributed by atoms with Crippen molar-refractivity contribution in [3.63, 3.8) is 0 Å². The maximum Gasteiger partial charge on any atom is 0.317 e. The predicted octanol–water partition coefficient (Wildman–Crippen LogP) is 2.08. The number of amides is 2. The molecule has 1 heterocycles. The zero-order chi connectivity index (χ0) is 10.9. The van der Waals surface area contributed by atoms with Crippen LogP contribution in [-0.2, 0) is 0 Å². The highest BCUT2D eigenvalue weighted by molar-refractivity contribution is 5.75. The molecule has 0 aromatic carbocycles. The van der Waals surface area contributed by atoms with E-state index in [1.807, 2.05) is 4.90 Å². The van der Waals surface area contributed by atoms with Gasteiger partial charge in [-0.3, -0.25) is 0 Å². The molecular formula is C11H22N2O. The zero-order valence-corrected chi connectivity index (χ0v) is 9.87. The number of hydrogen-bond donors (Lipinski definition) is 1. The van der Waals surface area contributed by atoms with Crippen molar-refractivity contribution in [1.29, 1.82) is 0 Å². The Labute approximate surface area is 86.9 Å². The lowest BCUT2D eigenvalue weighted by atomic mass is 9.86. The van der Waals surface area contributed by atoms with E-state index in [9.17, 15) is 4.79 Å². The molecule has 82 valence electrons. The third kappa shape index (κ3) is 2.02. The first kappa shape index (κ1) is 11.3. The van der Waals surface area contributed by atoms with E-state index >= 15 is 0 Å². The van der Waals surface area contributed by atoms with Crippen molar-refractivity contribution in [3.05, 3.63) is 0 Å². The molecule has 2 atom stereocenters. The fourth-order valence-electron chi connectivity index (χ4n) is 2.36. The van der Waals surface area contributed by atoms with E-state index < -0.39 is 0 Å². The van der Waals surface area contributed by atoms with Crippen LogP contribution in [0.25, 0.3) is 0 Å². The maximum absolute atomic E-state index is 11.6. The highest BCUT2D eigenvalue weighted by Gasteiger charge is 2.35. The molecule has 14 heavy (non-hydrogen) atoms. The summed E-state index contributed by atoms with van der Waals surface area (Å²) in [4.78, 5) is 13.6. The Morgan fingerprint density at radius 3 is 2.36 bits per heavy atom. The summed E-state index contributed by atoms with van der Waals surface area (Å²) >= 11 is 0. The van der Waals surface area contributed by atoms with Crippen LogP contribution in [0.4, 0.5) is 4.79 Å². The second-order valence-corrected chi connectivity index (χ2v) is 4.84. The van der Waals surface area contributed by atoms with Gasteiger partial charge in [-0.15, -0.1) is 0 Å². The van der Waals surface area contributed by atoms with Crippen LogP contribution in [-0.4, -0.2) is 29.6 Å². The number of nitrogens with one attached hydrogen (secondary N) is 1. The average molecular weight is 198 g/mol. The van der Waals surface area contributed by atoms with E-state index in [1.165, 1.54) is 0 Å². The normalized spacial score (nSPS) is 28.5. The molecule has 0 aromatic rings. The van der Waals surface area contributed by atoms with Crippen LogP contribution in [0.15, 0.2) is 0 Å². The Morgan fingerprint density at radius 2 is 1.93 bits per heavy atom. The molecule has 2 amide bonds. The number of rotatable bonds is 2. The minimum Gasteiger partial charge on any atom is -0.338 e. The van der Waals surface area contributed by atoms with Gasteiger partial charge in [0.25, 0.3) is 0 Å². The van der Waals surface area contributed by atoms with Gasteiger partial charge >= 0.3 is 6.03 Å². The SMILES string of the molecule is CC(C)C1CNC(=O)N(C(C)C)C1C. The largest absolute Gasteiger partial charge is 0.338 e. The standard InChI is InChI=1S/C11H22N2O/c1-7(2)10-6-12-11(14)13(8(3)4)9(10)5/h7-10H,6H2,1-5H3,(H,12,14). The van der Waals surface area contributed by atoms with Gasteiger partial charge in [0.05, 0.1) is 0 Å². The molecule has 0 saturated carbocycles. The van der Waals surface area contributed by atoms with E-state index in [0.717, 1.165) is 6.54 Å². The van der Waals surface area contributed by atoms with Gasteiger partial charge in [-0.1, -0.05) is 13.8 Å². The minimum absolute atomic E-state index is 0.0874. The van der Waals surface area contributed by atoms with Gasteiger partial charge in [0.2, 0.25) is 0 Å². The fraction of sp³-hybridized carbons (Fsp3) is 0.909. The Bertz CT molecular complexity index is 213.